The van der Waals surface area contributed by atoms with Gasteiger partial charge in [-0.1, -0.05) is 35.0 Å². The fourth-order valence-electron chi connectivity index (χ4n) is 3.52. The van der Waals surface area contributed by atoms with Crippen LogP contribution in [-0.4, -0.2) is 27.7 Å². The number of amides is 1. The van der Waals surface area contributed by atoms with Gasteiger partial charge >= 0.3 is 0 Å². The predicted octanol–water partition coefficient (Wildman–Crippen LogP) is 3.98. The van der Waals surface area contributed by atoms with Crippen molar-refractivity contribution in [3.63, 3.8) is 0 Å². The van der Waals surface area contributed by atoms with E-state index in [9.17, 15) is 4.79 Å². The third-order valence-corrected chi connectivity index (χ3v) is 5.35. The molecule has 2 aromatic carbocycles. The average Bonchev–Trinajstić information content (AvgIpc) is 3.43. The van der Waals surface area contributed by atoms with Crippen molar-refractivity contribution < 1.29 is 18.8 Å². The molecule has 7 nitrogen and oxygen atoms in total. The first-order valence-electron chi connectivity index (χ1n) is 8.95. The first-order chi connectivity index (χ1) is 13.7. The van der Waals surface area contributed by atoms with E-state index in [1.807, 2.05) is 42.5 Å². The number of hydrogen-bond donors (Lipinski definition) is 0. The molecular formula is C20H16ClN3O4. The van der Waals surface area contributed by atoms with Crippen LogP contribution in [0, 0.1) is 0 Å². The zero-order chi connectivity index (χ0) is 19.1. The molecule has 0 radical (unpaired) electrons. The minimum absolute atomic E-state index is 0.0488. The quantitative estimate of drug-likeness (QED) is 0.662. The second-order valence-corrected chi connectivity index (χ2v) is 7.10. The van der Waals surface area contributed by atoms with E-state index < -0.39 is 0 Å². The normalized spacial score (nSPS) is 18.1. The van der Waals surface area contributed by atoms with Crippen LogP contribution in [-0.2, 0) is 11.3 Å². The lowest BCUT2D eigenvalue weighted by atomic mass is 10.1. The Morgan fingerprint density at radius 1 is 1.14 bits per heavy atom. The summed E-state index contributed by atoms with van der Waals surface area (Å²) < 4.78 is 16.2. The number of nitrogens with zero attached hydrogens (tertiary/aromatic N) is 3. The lowest BCUT2D eigenvalue weighted by Crippen LogP contribution is -2.27. The highest BCUT2D eigenvalue weighted by Gasteiger charge is 2.36. The Balaban J connectivity index is 1.41. The van der Waals surface area contributed by atoms with Gasteiger partial charge in [0.25, 0.3) is 0 Å². The van der Waals surface area contributed by atoms with Gasteiger partial charge in [-0.25, -0.2) is 0 Å². The van der Waals surface area contributed by atoms with Crippen molar-refractivity contribution in [1.82, 2.24) is 15.0 Å². The van der Waals surface area contributed by atoms with Crippen LogP contribution in [0.5, 0.6) is 11.5 Å². The molecule has 0 spiro atoms. The molecule has 3 heterocycles. The standard InChI is InChI=1S/C20H16ClN3O4/c21-14-4-2-1-3-13(14)10-24-15(6-8-18(24)25)20-22-19(23-28-20)12-5-7-16-17(9-12)27-11-26-16/h1-5,7,9,15H,6,8,10-11H2. The van der Waals surface area contributed by atoms with E-state index in [2.05, 4.69) is 10.1 Å². The van der Waals surface area contributed by atoms with Gasteiger partial charge in [-0.15, -0.1) is 0 Å². The molecule has 1 aromatic heterocycles. The highest BCUT2D eigenvalue weighted by molar-refractivity contribution is 6.31. The number of carbonyl (C=O) groups is 1. The predicted molar refractivity (Wildman–Crippen MR) is 99.8 cm³/mol. The number of benzene rings is 2. The van der Waals surface area contributed by atoms with E-state index in [0.717, 1.165) is 11.1 Å². The minimum Gasteiger partial charge on any atom is -0.454 e. The number of halogens is 1. The van der Waals surface area contributed by atoms with Crippen LogP contribution in [0.2, 0.25) is 5.02 Å². The maximum atomic E-state index is 12.4. The maximum absolute atomic E-state index is 12.4. The number of aromatic nitrogens is 2. The highest BCUT2D eigenvalue weighted by Crippen LogP contribution is 2.37. The van der Waals surface area contributed by atoms with E-state index in [-0.39, 0.29) is 18.7 Å². The minimum atomic E-state index is -0.265. The van der Waals surface area contributed by atoms with E-state index >= 15 is 0 Å². The van der Waals surface area contributed by atoms with Gasteiger partial charge in [0.15, 0.2) is 11.5 Å². The van der Waals surface area contributed by atoms with Crippen LogP contribution < -0.4 is 9.47 Å². The molecule has 1 saturated heterocycles. The van der Waals surface area contributed by atoms with E-state index in [1.54, 1.807) is 4.90 Å². The maximum Gasteiger partial charge on any atom is 0.249 e. The summed E-state index contributed by atoms with van der Waals surface area (Å²) in [6, 6.07) is 12.7. The Hall–Kier alpha value is -3.06. The summed E-state index contributed by atoms with van der Waals surface area (Å²) in [6.07, 6.45) is 1.07. The van der Waals surface area contributed by atoms with Gasteiger partial charge in [0.1, 0.15) is 6.04 Å². The summed E-state index contributed by atoms with van der Waals surface area (Å²) in [5.74, 6) is 2.27. The van der Waals surface area contributed by atoms with Crippen molar-refractivity contribution in [2.75, 3.05) is 6.79 Å². The molecule has 0 aliphatic carbocycles. The molecule has 1 unspecified atom stereocenters. The Morgan fingerprint density at radius 2 is 2.00 bits per heavy atom. The van der Waals surface area contributed by atoms with Gasteiger partial charge in [-0.05, 0) is 36.2 Å². The lowest BCUT2D eigenvalue weighted by molar-refractivity contribution is -0.129. The van der Waals surface area contributed by atoms with Gasteiger partial charge in [0, 0.05) is 23.6 Å². The van der Waals surface area contributed by atoms with Gasteiger partial charge in [-0.2, -0.15) is 4.98 Å². The van der Waals surface area contributed by atoms with E-state index in [1.165, 1.54) is 0 Å². The van der Waals surface area contributed by atoms with Gasteiger partial charge < -0.3 is 18.9 Å². The molecule has 1 amide bonds. The highest BCUT2D eigenvalue weighted by atomic mass is 35.5. The second kappa shape index (κ2) is 6.83. The molecule has 28 heavy (non-hydrogen) atoms. The number of hydrogen-bond acceptors (Lipinski definition) is 6. The monoisotopic (exact) mass is 397 g/mol. The van der Waals surface area contributed by atoms with Gasteiger partial charge in [0.05, 0.1) is 0 Å². The Labute approximate surface area is 165 Å². The first-order valence-corrected chi connectivity index (χ1v) is 9.33. The van der Waals surface area contributed by atoms with Crippen LogP contribution in [0.15, 0.2) is 47.0 Å². The van der Waals surface area contributed by atoms with Gasteiger partial charge in [0.2, 0.25) is 24.4 Å². The molecule has 1 atom stereocenters. The largest absolute Gasteiger partial charge is 0.454 e. The Kier molecular flexibility index (Phi) is 4.16. The van der Waals surface area contributed by atoms with Gasteiger partial charge in [-0.3, -0.25) is 4.79 Å². The molecular weight excluding hydrogens is 382 g/mol. The average molecular weight is 398 g/mol. The summed E-state index contributed by atoms with van der Waals surface area (Å²) in [5.41, 5.74) is 1.65. The summed E-state index contributed by atoms with van der Waals surface area (Å²) in [4.78, 5) is 18.7. The van der Waals surface area contributed by atoms with Crippen molar-refractivity contribution in [3.05, 3.63) is 58.9 Å². The van der Waals surface area contributed by atoms with Crippen LogP contribution in [0.3, 0.4) is 0 Å². The molecule has 0 N–H and O–H groups in total. The van der Waals surface area contributed by atoms with Crippen LogP contribution in [0.1, 0.15) is 30.3 Å². The molecule has 1 fully saturated rings. The van der Waals surface area contributed by atoms with Crippen molar-refractivity contribution in [3.8, 4) is 22.9 Å². The van der Waals surface area contributed by atoms with Crippen molar-refractivity contribution in [2.24, 2.45) is 0 Å². The zero-order valence-electron chi connectivity index (χ0n) is 14.8. The molecule has 0 bridgehead atoms. The summed E-state index contributed by atoms with van der Waals surface area (Å²) in [5, 5.41) is 4.73. The molecule has 8 heteroatoms. The first kappa shape index (κ1) is 17.1. The number of likely N-dealkylation sites (tertiary alicyclic amines) is 1. The zero-order valence-corrected chi connectivity index (χ0v) is 15.6. The van der Waals surface area contributed by atoms with Crippen molar-refractivity contribution in [1.29, 1.82) is 0 Å². The molecule has 3 aromatic rings. The molecule has 5 rings (SSSR count). The lowest BCUT2D eigenvalue weighted by Gasteiger charge is -2.22. The van der Waals surface area contributed by atoms with Crippen molar-refractivity contribution in [2.45, 2.75) is 25.4 Å². The molecule has 2 aliphatic heterocycles. The van der Waals surface area contributed by atoms with Crippen LogP contribution >= 0.6 is 11.6 Å². The number of fused-ring (bicyclic) bond motifs is 1. The third kappa shape index (κ3) is 2.97. The fraction of sp³-hybridized carbons (Fsp3) is 0.250. The molecule has 0 saturated carbocycles. The number of ether oxygens (including phenoxy) is 2. The Bertz CT molecular complexity index is 1050. The van der Waals surface area contributed by atoms with Crippen LogP contribution in [0.25, 0.3) is 11.4 Å². The topological polar surface area (TPSA) is 77.7 Å². The van der Waals surface area contributed by atoms with E-state index in [0.29, 0.717) is 47.6 Å². The summed E-state index contributed by atoms with van der Waals surface area (Å²) in [6.45, 7) is 0.613. The number of rotatable bonds is 4. The third-order valence-electron chi connectivity index (χ3n) is 4.98. The molecule has 2 aliphatic rings. The molecule has 142 valence electrons. The van der Waals surface area contributed by atoms with Crippen molar-refractivity contribution >= 4 is 17.5 Å². The summed E-state index contributed by atoms with van der Waals surface area (Å²) >= 11 is 6.26. The SMILES string of the molecule is O=C1CCC(c2nc(-c3ccc4c(c3)OCO4)no2)N1Cc1ccccc1Cl. The number of carbonyl (C=O) groups excluding carboxylic acids is 1. The summed E-state index contributed by atoms with van der Waals surface area (Å²) in [7, 11) is 0. The second-order valence-electron chi connectivity index (χ2n) is 6.69. The fourth-order valence-corrected chi connectivity index (χ4v) is 3.72. The Morgan fingerprint density at radius 3 is 2.89 bits per heavy atom. The van der Waals surface area contributed by atoms with E-state index in [4.69, 9.17) is 25.6 Å². The van der Waals surface area contributed by atoms with Crippen LogP contribution in [0.4, 0.5) is 0 Å². The smallest absolute Gasteiger partial charge is 0.249 e.